The lowest BCUT2D eigenvalue weighted by Gasteiger charge is -2.25. The topological polar surface area (TPSA) is 103 Å². The summed E-state index contributed by atoms with van der Waals surface area (Å²) in [5, 5.41) is 5.10. The van der Waals surface area contributed by atoms with E-state index < -0.39 is 16.1 Å². The van der Waals surface area contributed by atoms with Gasteiger partial charge in [-0.2, -0.15) is 0 Å². The third-order valence-corrected chi connectivity index (χ3v) is 5.40. The van der Waals surface area contributed by atoms with Crippen molar-refractivity contribution < 1.29 is 22.7 Å². The van der Waals surface area contributed by atoms with E-state index >= 15 is 0 Å². The van der Waals surface area contributed by atoms with Gasteiger partial charge in [-0.3, -0.25) is 0 Å². The fraction of sp³-hybridized carbons (Fsp3) is 0.409. The first-order valence-corrected chi connectivity index (χ1v) is 11.5. The van der Waals surface area contributed by atoms with Crippen LogP contribution in [0, 0.1) is 0 Å². The standard InChI is InChI=1S/C14H14N2O4S.C8H19N/c17-14(15-10-11-5-2-1-3-6-11)16-12-7-4-8-13(9-12)21(18,19)20;1-6-9(7(2)3)8(4)5/h1-9H,10H2,(H2,15,16,17)(H,18,19,20);7-8H,6H2,1-5H3. The van der Waals surface area contributed by atoms with Crippen LogP contribution in [-0.4, -0.2) is 37.6 Å². The number of rotatable bonds is 7. The molecule has 0 aliphatic heterocycles. The Labute approximate surface area is 180 Å². The lowest BCUT2D eigenvalue weighted by molar-refractivity contribution is -0.940. The Morgan fingerprint density at radius 1 is 1.00 bits per heavy atom. The number of hydrogen-bond acceptors (Lipinski definition) is 4. The maximum absolute atomic E-state index is 11.7. The number of hydrogen-bond donors (Lipinski definition) is 3. The molecule has 0 fully saturated rings. The molecule has 0 spiro atoms. The molecule has 0 aromatic heterocycles. The van der Waals surface area contributed by atoms with Crippen LogP contribution < -0.4 is 15.5 Å². The van der Waals surface area contributed by atoms with Gasteiger partial charge in [0.05, 0.1) is 23.5 Å². The third kappa shape index (κ3) is 9.39. The van der Waals surface area contributed by atoms with Gasteiger partial charge in [0, 0.05) is 12.2 Å². The van der Waals surface area contributed by atoms with Crippen molar-refractivity contribution in [2.45, 2.75) is 58.1 Å². The molecule has 0 aliphatic rings. The van der Waals surface area contributed by atoms with Crippen molar-refractivity contribution in [3.8, 4) is 0 Å². The van der Waals surface area contributed by atoms with Crippen LogP contribution in [0.4, 0.5) is 10.5 Å². The SMILES string of the molecule is CC[NH+](C(C)C)C(C)C.O=C(NCc1ccccc1)Nc1cccc(S(=O)(=O)[O-])c1. The summed E-state index contributed by atoms with van der Waals surface area (Å²) in [6.45, 7) is 12.9. The molecule has 3 N–H and O–H groups in total. The fourth-order valence-corrected chi connectivity index (χ4v) is 3.68. The minimum atomic E-state index is -4.54. The minimum absolute atomic E-state index is 0.234. The van der Waals surface area contributed by atoms with Gasteiger partial charge in [-0.15, -0.1) is 0 Å². The molecule has 2 amide bonds. The van der Waals surface area contributed by atoms with Gasteiger partial charge in [0.25, 0.3) is 0 Å². The Bertz CT molecular complexity index is 876. The molecule has 0 radical (unpaired) electrons. The zero-order valence-electron chi connectivity index (χ0n) is 18.3. The largest absolute Gasteiger partial charge is 0.744 e. The van der Waals surface area contributed by atoms with E-state index in [1.165, 1.54) is 24.7 Å². The molecule has 0 aliphatic carbocycles. The summed E-state index contributed by atoms with van der Waals surface area (Å²) in [5.74, 6) is 0. The Morgan fingerprint density at radius 2 is 1.60 bits per heavy atom. The van der Waals surface area contributed by atoms with Crippen LogP contribution in [0.3, 0.4) is 0 Å². The molecule has 0 unspecified atom stereocenters. The van der Waals surface area contributed by atoms with Gasteiger partial charge in [-0.05, 0) is 58.4 Å². The molecule has 2 aromatic rings. The van der Waals surface area contributed by atoms with E-state index in [1.807, 2.05) is 30.3 Å². The minimum Gasteiger partial charge on any atom is -0.744 e. The second-order valence-corrected chi connectivity index (χ2v) is 8.89. The molecule has 0 heterocycles. The highest BCUT2D eigenvalue weighted by Crippen LogP contribution is 2.14. The first-order valence-electron chi connectivity index (χ1n) is 10.0. The van der Waals surface area contributed by atoms with Crippen LogP contribution in [0.15, 0.2) is 59.5 Å². The van der Waals surface area contributed by atoms with Gasteiger partial charge in [0.15, 0.2) is 0 Å². The molecule has 166 valence electrons. The Kier molecular flexibility index (Phi) is 10.5. The molecule has 0 saturated carbocycles. The predicted molar refractivity (Wildman–Crippen MR) is 118 cm³/mol. The summed E-state index contributed by atoms with van der Waals surface area (Å²) in [4.78, 5) is 13.0. The summed E-state index contributed by atoms with van der Waals surface area (Å²) < 4.78 is 32.7. The van der Waals surface area contributed by atoms with Crippen molar-refractivity contribution >= 4 is 21.8 Å². The van der Waals surface area contributed by atoms with E-state index in [2.05, 4.69) is 45.3 Å². The highest BCUT2D eigenvalue weighted by molar-refractivity contribution is 7.85. The average Bonchev–Trinajstić information content (AvgIpc) is 2.67. The van der Waals surface area contributed by atoms with Crippen LogP contribution >= 0.6 is 0 Å². The second kappa shape index (κ2) is 12.3. The van der Waals surface area contributed by atoms with Crippen molar-refractivity contribution in [3.05, 3.63) is 60.2 Å². The molecule has 30 heavy (non-hydrogen) atoms. The summed E-state index contributed by atoms with van der Waals surface area (Å²) in [5.41, 5.74) is 1.17. The fourth-order valence-electron chi connectivity index (χ4n) is 3.17. The van der Waals surface area contributed by atoms with E-state index in [4.69, 9.17) is 0 Å². The van der Waals surface area contributed by atoms with Crippen LogP contribution in [-0.2, 0) is 16.7 Å². The first kappa shape index (κ1) is 25.6. The van der Waals surface area contributed by atoms with Crippen molar-refractivity contribution in [3.63, 3.8) is 0 Å². The Morgan fingerprint density at radius 3 is 2.07 bits per heavy atom. The zero-order valence-corrected chi connectivity index (χ0v) is 19.1. The number of urea groups is 1. The molecular formula is C22H33N3O4S. The molecular weight excluding hydrogens is 402 g/mol. The van der Waals surface area contributed by atoms with Gasteiger partial charge in [0.1, 0.15) is 10.1 Å². The molecule has 2 aromatic carbocycles. The number of nitrogens with one attached hydrogen (secondary N) is 3. The molecule has 8 heteroatoms. The number of quaternary nitrogens is 1. The van der Waals surface area contributed by atoms with Gasteiger partial charge in [-0.1, -0.05) is 36.4 Å². The monoisotopic (exact) mass is 435 g/mol. The van der Waals surface area contributed by atoms with E-state index in [9.17, 15) is 17.8 Å². The quantitative estimate of drug-likeness (QED) is 0.582. The highest BCUT2D eigenvalue weighted by atomic mass is 32.2. The van der Waals surface area contributed by atoms with Crippen molar-refractivity contribution in [2.24, 2.45) is 0 Å². The smallest absolute Gasteiger partial charge is 0.319 e. The summed E-state index contributed by atoms with van der Waals surface area (Å²) in [6.07, 6.45) is 0. The zero-order chi connectivity index (χ0) is 22.7. The van der Waals surface area contributed by atoms with Crippen molar-refractivity contribution in [1.82, 2.24) is 5.32 Å². The molecule has 0 saturated heterocycles. The molecule has 2 rings (SSSR count). The maximum atomic E-state index is 11.7. The van der Waals surface area contributed by atoms with E-state index in [-0.39, 0.29) is 10.6 Å². The second-order valence-electron chi connectivity index (χ2n) is 7.51. The normalized spacial score (nSPS) is 11.2. The number of carbonyl (C=O) groups is 1. The summed E-state index contributed by atoms with van der Waals surface area (Å²) >= 11 is 0. The highest BCUT2D eigenvalue weighted by Gasteiger charge is 2.13. The van der Waals surface area contributed by atoms with Crippen LogP contribution in [0.5, 0.6) is 0 Å². The predicted octanol–water partition coefficient (Wildman–Crippen LogP) is 2.62. The van der Waals surface area contributed by atoms with Crippen molar-refractivity contribution in [2.75, 3.05) is 11.9 Å². The van der Waals surface area contributed by atoms with Crippen LogP contribution in [0.1, 0.15) is 40.2 Å². The van der Waals surface area contributed by atoms with Crippen molar-refractivity contribution in [1.29, 1.82) is 0 Å². The summed E-state index contributed by atoms with van der Waals surface area (Å²) in [7, 11) is -4.54. The number of carbonyl (C=O) groups excluding carboxylic acids is 1. The number of anilines is 1. The number of benzene rings is 2. The third-order valence-electron chi connectivity index (χ3n) is 4.57. The first-order chi connectivity index (χ1) is 14.0. The van der Waals surface area contributed by atoms with Crippen LogP contribution in [0.25, 0.3) is 0 Å². The molecule has 7 nitrogen and oxygen atoms in total. The number of amides is 2. The molecule has 0 atom stereocenters. The average molecular weight is 436 g/mol. The van der Waals surface area contributed by atoms with E-state index in [0.29, 0.717) is 6.54 Å². The molecule has 0 bridgehead atoms. The Balaban J connectivity index is 0.000000424. The van der Waals surface area contributed by atoms with Gasteiger partial charge < -0.3 is 20.1 Å². The lowest BCUT2D eigenvalue weighted by Crippen LogP contribution is -3.17. The van der Waals surface area contributed by atoms with Gasteiger partial charge in [0.2, 0.25) is 0 Å². The van der Waals surface area contributed by atoms with E-state index in [0.717, 1.165) is 23.7 Å². The summed E-state index contributed by atoms with van der Waals surface area (Å²) in [6, 6.07) is 15.6. The maximum Gasteiger partial charge on any atom is 0.319 e. The van der Waals surface area contributed by atoms with Gasteiger partial charge in [-0.25, -0.2) is 13.2 Å². The van der Waals surface area contributed by atoms with E-state index in [1.54, 1.807) is 4.90 Å². The Hall–Kier alpha value is -2.42. The lowest BCUT2D eigenvalue weighted by atomic mass is 10.2. The van der Waals surface area contributed by atoms with Crippen LogP contribution in [0.2, 0.25) is 0 Å². The van der Waals surface area contributed by atoms with Gasteiger partial charge >= 0.3 is 6.03 Å².